The second-order valence-corrected chi connectivity index (χ2v) is 8.07. The molecule has 0 unspecified atom stereocenters. The van der Waals surface area contributed by atoms with Gasteiger partial charge in [0.2, 0.25) is 0 Å². The topological polar surface area (TPSA) is 38.5 Å². The van der Waals surface area contributed by atoms with Crippen molar-refractivity contribution in [1.82, 2.24) is 4.90 Å². The van der Waals surface area contributed by atoms with Crippen molar-refractivity contribution in [3.8, 4) is 5.75 Å². The van der Waals surface area contributed by atoms with Crippen LogP contribution >= 0.6 is 15.9 Å². The molecule has 4 rings (SSSR count). The number of nitrogens with zero attached hydrogens (tertiary/aromatic N) is 1. The predicted molar refractivity (Wildman–Crippen MR) is 105 cm³/mol. The van der Waals surface area contributed by atoms with E-state index in [9.17, 15) is 0 Å². The summed E-state index contributed by atoms with van der Waals surface area (Å²) >= 11 is 3.50. The largest absolute Gasteiger partial charge is 0.489 e. The Morgan fingerprint density at radius 3 is 2.60 bits per heavy atom. The van der Waals surface area contributed by atoms with Gasteiger partial charge in [-0.3, -0.25) is 4.90 Å². The molecular formula is C21H25BrN2O. The molecular weight excluding hydrogens is 376 g/mol. The first-order valence-electron chi connectivity index (χ1n) is 9.17. The molecule has 0 radical (unpaired) electrons. The fourth-order valence-electron chi connectivity index (χ4n) is 3.69. The van der Waals surface area contributed by atoms with E-state index in [1.165, 1.54) is 30.4 Å². The highest BCUT2D eigenvalue weighted by atomic mass is 79.9. The van der Waals surface area contributed by atoms with E-state index in [0.717, 1.165) is 29.4 Å². The molecule has 0 aromatic heterocycles. The van der Waals surface area contributed by atoms with Crippen LogP contribution in [0.25, 0.3) is 0 Å². The number of rotatable bonds is 8. The van der Waals surface area contributed by atoms with E-state index in [-0.39, 0.29) is 0 Å². The molecule has 2 N–H and O–H groups in total. The van der Waals surface area contributed by atoms with Crippen LogP contribution in [0.4, 0.5) is 0 Å². The Morgan fingerprint density at radius 2 is 1.92 bits per heavy atom. The van der Waals surface area contributed by atoms with E-state index < -0.39 is 0 Å². The highest BCUT2D eigenvalue weighted by Crippen LogP contribution is 2.48. The van der Waals surface area contributed by atoms with Crippen molar-refractivity contribution in [2.75, 3.05) is 13.1 Å². The van der Waals surface area contributed by atoms with Gasteiger partial charge in [-0.2, -0.15) is 0 Å². The van der Waals surface area contributed by atoms with Crippen molar-refractivity contribution in [2.45, 2.75) is 43.9 Å². The normalized spacial score (nSPS) is 22.2. The summed E-state index contributed by atoms with van der Waals surface area (Å²) in [5, 5.41) is 0. The van der Waals surface area contributed by atoms with Gasteiger partial charge in [-0.25, -0.2) is 0 Å². The maximum atomic E-state index is 5.92. The van der Waals surface area contributed by atoms with Gasteiger partial charge in [0.25, 0.3) is 0 Å². The second-order valence-electron chi connectivity index (χ2n) is 7.15. The number of nitrogens with two attached hydrogens (primary N) is 1. The van der Waals surface area contributed by atoms with Crippen molar-refractivity contribution < 1.29 is 4.74 Å². The smallest absolute Gasteiger partial charge is 0.119 e. The summed E-state index contributed by atoms with van der Waals surface area (Å²) in [7, 11) is 0. The van der Waals surface area contributed by atoms with E-state index in [4.69, 9.17) is 10.5 Å². The quantitative estimate of drug-likeness (QED) is 0.717. The third-order valence-corrected chi connectivity index (χ3v) is 5.68. The highest BCUT2D eigenvalue weighted by Gasteiger charge is 2.46. The standard InChI is InChI=1S/C21H25BrN2O/c22-17-3-1-2-15(12-17)14-25-19-8-4-16(5-9-19)20-13-21(20)24(11-10-23)18-6-7-18/h1-5,8-9,12,18,20-21H,6-7,10-11,13-14,23H2/t20-,21+/m0/s1. The fraction of sp³-hybridized carbons (Fsp3) is 0.429. The van der Waals surface area contributed by atoms with E-state index in [1.807, 2.05) is 12.1 Å². The molecule has 0 spiro atoms. The van der Waals surface area contributed by atoms with Crippen LogP contribution in [0, 0.1) is 0 Å². The lowest BCUT2D eigenvalue weighted by Gasteiger charge is -2.21. The summed E-state index contributed by atoms with van der Waals surface area (Å²) in [6.07, 6.45) is 3.98. The van der Waals surface area contributed by atoms with Gasteiger partial charge in [-0.15, -0.1) is 0 Å². The number of hydrogen-bond donors (Lipinski definition) is 1. The van der Waals surface area contributed by atoms with E-state index in [1.54, 1.807) is 0 Å². The molecule has 2 aromatic rings. The lowest BCUT2D eigenvalue weighted by molar-refractivity contribution is 0.256. The zero-order valence-electron chi connectivity index (χ0n) is 14.4. The van der Waals surface area contributed by atoms with Gasteiger partial charge in [-0.05, 0) is 54.7 Å². The minimum absolute atomic E-state index is 0.594. The van der Waals surface area contributed by atoms with Gasteiger partial charge in [-0.1, -0.05) is 40.2 Å². The molecule has 2 atom stereocenters. The van der Waals surface area contributed by atoms with Crippen LogP contribution in [0.1, 0.15) is 36.3 Å². The van der Waals surface area contributed by atoms with Crippen LogP contribution in [0.15, 0.2) is 53.0 Å². The summed E-state index contributed by atoms with van der Waals surface area (Å²) in [5.41, 5.74) is 8.40. The minimum Gasteiger partial charge on any atom is -0.489 e. The predicted octanol–water partition coefficient (Wildman–Crippen LogP) is 4.31. The molecule has 2 aliphatic carbocycles. The number of hydrogen-bond acceptors (Lipinski definition) is 3. The van der Waals surface area contributed by atoms with Gasteiger partial charge in [0.15, 0.2) is 0 Å². The third kappa shape index (κ3) is 4.25. The van der Waals surface area contributed by atoms with Gasteiger partial charge in [0, 0.05) is 35.6 Å². The Kier molecular flexibility index (Phi) is 5.11. The highest BCUT2D eigenvalue weighted by molar-refractivity contribution is 9.10. The first-order chi connectivity index (χ1) is 12.2. The lowest BCUT2D eigenvalue weighted by atomic mass is 10.1. The first-order valence-corrected chi connectivity index (χ1v) is 9.97. The first kappa shape index (κ1) is 17.1. The monoisotopic (exact) mass is 400 g/mol. The molecule has 0 heterocycles. The van der Waals surface area contributed by atoms with Gasteiger partial charge in [0.1, 0.15) is 12.4 Å². The van der Waals surface area contributed by atoms with Crippen LogP contribution in [-0.4, -0.2) is 30.1 Å². The molecule has 4 heteroatoms. The summed E-state index contributed by atoms with van der Waals surface area (Å²) in [4.78, 5) is 2.64. The van der Waals surface area contributed by atoms with Crippen LogP contribution in [0.3, 0.4) is 0 Å². The summed E-state index contributed by atoms with van der Waals surface area (Å²) < 4.78 is 7.00. The zero-order valence-corrected chi connectivity index (χ0v) is 16.0. The average molecular weight is 401 g/mol. The maximum absolute atomic E-state index is 5.92. The fourth-order valence-corrected chi connectivity index (χ4v) is 4.13. The van der Waals surface area contributed by atoms with E-state index in [0.29, 0.717) is 18.6 Å². The summed E-state index contributed by atoms with van der Waals surface area (Å²) in [6.45, 7) is 2.40. The molecule has 2 aromatic carbocycles. The minimum atomic E-state index is 0.594. The number of halogens is 1. The molecule has 3 nitrogen and oxygen atoms in total. The molecule has 0 bridgehead atoms. The summed E-state index contributed by atoms with van der Waals surface area (Å²) in [5.74, 6) is 1.60. The van der Waals surface area contributed by atoms with Crippen molar-refractivity contribution in [3.05, 3.63) is 64.1 Å². The van der Waals surface area contributed by atoms with Gasteiger partial charge in [0.05, 0.1) is 0 Å². The lowest BCUT2D eigenvalue weighted by Crippen LogP contribution is -2.34. The van der Waals surface area contributed by atoms with Crippen molar-refractivity contribution in [3.63, 3.8) is 0 Å². The number of benzene rings is 2. The Morgan fingerprint density at radius 1 is 1.12 bits per heavy atom. The summed E-state index contributed by atoms with van der Waals surface area (Å²) in [6, 6.07) is 18.4. The SMILES string of the molecule is NCCN(C1CC1)[C@@H]1C[C@H]1c1ccc(OCc2cccc(Br)c2)cc1. The Balaban J connectivity index is 1.33. The van der Waals surface area contributed by atoms with Crippen LogP contribution < -0.4 is 10.5 Å². The third-order valence-electron chi connectivity index (χ3n) is 5.19. The van der Waals surface area contributed by atoms with Gasteiger partial charge >= 0.3 is 0 Å². The zero-order chi connectivity index (χ0) is 17.2. The molecule has 2 saturated carbocycles. The molecule has 0 saturated heterocycles. The molecule has 2 aliphatic rings. The number of ether oxygens (including phenoxy) is 1. The van der Waals surface area contributed by atoms with E-state index in [2.05, 4.69) is 57.2 Å². The van der Waals surface area contributed by atoms with Crippen molar-refractivity contribution in [2.24, 2.45) is 5.73 Å². The van der Waals surface area contributed by atoms with Crippen LogP contribution in [-0.2, 0) is 6.61 Å². The maximum Gasteiger partial charge on any atom is 0.119 e. The Bertz CT molecular complexity index is 714. The molecule has 25 heavy (non-hydrogen) atoms. The van der Waals surface area contributed by atoms with Crippen molar-refractivity contribution >= 4 is 15.9 Å². The molecule has 2 fully saturated rings. The van der Waals surface area contributed by atoms with Crippen molar-refractivity contribution in [1.29, 1.82) is 0 Å². The van der Waals surface area contributed by atoms with Crippen LogP contribution in [0.5, 0.6) is 5.75 Å². The average Bonchev–Trinajstić information content (AvgIpc) is 3.53. The molecule has 0 amide bonds. The van der Waals surface area contributed by atoms with E-state index >= 15 is 0 Å². The second kappa shape index (κ2) is 7.48. The molecule has 0 aliphatic heterocycles. The molecule has 132 valence electrons. The van der Waals surface area contributed by atoms with Gasteiger partial charge < -0.3 is 10.5 Å². The Hall–Kier alpha value is -1.36. The van der Waals surface area contributed by atoms with Crippen LogP contribution in [0.2, 0.25) is 0 Å². The Labute approximate surface area is 158 Å².